The molecule has 0 saturated heterocycles. The second-order valence-corrected chi connectivity index (χ2v) is 6.95. The zero-order valence-electron chi connectivity index (χ0n) is 13.3. The van der Waals surface area contributed by atoms with Crippen molar-refractivity contribution >= 4 is 17.9 Å². The average molecular weight is 318 g/mol. The van der Waals surface area contributed by atoms with Crippen molar-refractivity contribution in [2.45, 2.75) is 38.6 Å². The van der Waals surface area contributed by atoms with Gasteiger partial charge in [-0.25, -0.2) is 4.79 Å². The smallest absolute Gasteiger partial charge is 0.407 e. The van der Waals surface area contributed by atoms with Crippen LogP contribution in [0.15, 0.2) is 0 Å². The molecule has 21 heavy (non-hydrogen) atoms. The maximum atomic E-state index is 10.9. The van der Waals surface area contributed by atoms with E-state index in [2.05, 4.69) is 11.8 Å². The minimum atomic E-state index is -0.809. The van der Waals surface area contributed by atoms with Gasteiger partial charge in [-0.05, 0) is 43.9 Å². The second-order valence-electron chi connectivity index (χ2n) is 5.80. The number of carbonyl (C=O) groups is 1. The molecule has 0 bridgehead atoms. The molecular weight excluding hydrogens is 288 g/mol. The van der Waals surface area contributed by atoms with Gasteiger partial charge in [0.05, 0.1) is 6.61 Å². The van der Waals surface area contributed by atoms with E-state index in [0.717, 1.165) is 57.0 Å². The number of likely N-dealkylation sites (N-methyl/N-ethyl adjacent to an activating group) is 1. The minimum absolute atomic E-state index is 0.212. The van der Waals surface area contributed by atoms with E-state index >= 15 is 0 Å². The van der Waals surface area contributed by atoms with Crippen LogP contribution in [0.25, 0.3) is 0 Å². The molecule has 1 rings (SSSR count). The van der Waals surface area contributed by atoms with Gasteiger partial charge in [-0.3, -0.25) is 0 Å². The summed E-state index contributed by atoms with van der Waals surface area (Å²) in [5, 5.41) is 17.9. The summed E-state index contributed by atoms with van der Waals surface area (Å²) in [6.07, 6.45) is 3.47. The number of thioether (sulfide) groups is 1. The van der Waals surface area contributed by atoms with Crippen molar-refractivity contribution in [3.63, 3.8) is 0 Å². The Balaban J connectivity index is 2.12. The highest BCUT2D eigenvalue weighted by Gasteiger charge is 2.26. The third kappa shape index (κ3) is 6.89. The van der Waals surface area contributed by atoms with Crippen LogP contribution in [0.4, 0.5) is 4.79 Å². The van der Waals surface area contributed by atoms with Gasteiger partial charge >= 0.3 is 6.09 Å². The summed E-state index contributed by atoms with van der Waals surface area (Å²) < 4.78 is 0. The van der Waals surface area contributed by atoms with Gasteiger partial charge in [0.2, 0.25) is 0 Å². The lowest BCUT2D eigenvalue weighted by molar-refractivity contribution is 0.121. The van der Waals surface area contributed by atoms with Crippen molar-refractivity contribution in [2.75, 3.05) is 44.8 Å². The highest BCUT2D eigenvalue weighted by atomic mass is 32.2. The van der Waals surface area contributed by atoms with Gasteiger partial charge in [0, 0.05) is 31.9 Å². The van der Waals surface area contributed by atoms with Crippen molar-refractivity contribution in [2.24, 2.45) is 5.92 Å². The van der Waals surface area contributed by atoms with Crippen LogP contribution >= 0.6 is 11.8 Å². The summed E-state index contributed by atoms with van der Waals surface area (Å²) >= 11 is 1.99. The van der Waals surface area contributed by atoms with E-state index in [0.29, 0.717) is 0 Å². The molecule has 6 heteroatoms. The van der Waals surface area contributed by atoms with Gasteiger partial charge in [-0.2, -0.15) is 11.8 Å². The number of amides is 1. The lowest BCUT2D eigenvalue weighted by Crippen LogP contribution is -2.38. The van der Waals surface area contributed by atoms with E-state index < -0.39 is 6.09 Å². The average Bonchev–Trinajstić information content (AvgIpc) is 2.50. The Morgan fingerprint density at radius 3 is 2.43 bits per heavy atom. The number of nitrogens with zero attached hydrogens (tertiary/aromatic N) is 2. The number of carboxylic acid groups (broad SMARTS) is 1. The zero-order valence-corrected chi connectivity index (χ0v) is 14.1. The molecule has 0 aromatic carbocycles. The zero-order chi connectivity index (χ0) is 15.7. The lowest BCUT2D eigenvalue weighted by Gasteiger charge is -2.33. The Morgan fingerprint density at radius 1 is 1.24 bits per heavy atom. The summed E-state index contributed by atoms with van der Waals surface area (Å²) in [6.45, 7) is 5.16. The Kier molecular flexibility index (Phi) is 9.11. The molecule has 0 heterocycles. The van der Waals surface area contributed by atoms with Crippen LogP contribution in [-0.2, 0) is 0 Å². The molecule has 0 radical (unpaired) electrons. The molecule has 0 unspecified atom stereocenters. The van der Waals surface area contributed by atoms with Gasteiger partial charge < -0.3 is 20.0 Å². The lowest BCUT2D eigenvalue weighted by atomic mass is 9.87. The van der Waals surface area contributed by atoms with Crippen LogP contribution in [0.3, 0.4) is 0 Å². The van der Waals surface area contributed by atoms with Crippen molar-refractivity contribution in [3.8, 4) is 0 Å². The van der Waals surface area contributed by atoms with Gasteiger partial charge in [0.15, 0.2) is 0 Å². The number of aliphatic hydroxyl groups is 1. The fourth-order valence-electron chi connectivity index (χ4n) is 2.87. The predicted molar refractivity (Wildman–Crippen MR) is 88.1 cm³/mol. The number of aliphatic hydroxyl groups excluding tert-OH is 1. The van der Waals surface area contributed by atoms with Gasteiger partial charge in [0.1, 0.15) is 0 Å². The molecule has 0 atom stereocenters. The van der Waals surface area contributed by atoms with Gasteiger partial charge in [-0.15, -0.1) is 0 Å². The summed E-state index contributed by atoms with van der Waals surface area (Å²) in [5.41, 5.74) is 0. The number of rotatable bonds is 9. The molecule has 2 N–H and O–H groups in total. The van der Waals surface area contributed by atoms with Crippen molar-refractivity contribution in [1.29, 1.82) is 0 Å². The van der Waals surface area contributed by atoms with Gasteiger partial charge in [-0.1, -0.05) is 6.92 Å². The topological polar surface area (TPSA) is 64.0 Å². The standard InChI is InChI=1S/C15H30N2O3S/c1-3-17(8-10-18)9-11-21-12-13-4-6-14(7-5-13)16(2)15(19)20/h13-14,18H,3-12H2,1-2H3,(H,19,20). The Bertz CT molecular complexity index is 297. The first-order valence-electron chi connectivity index (χ1n) is 7.95. The molecule has 1 fully saturated rings. The first kappa shape index (κ1) is 18.6. The molecular formula is C15H30N2O3S. The third-order valence-electron chi connectivity index (χ3n) is 4.43. The summed E-state index contributed by atoms with van der Waals surface area (Å²) in [6, 6.07) is 0.212. The van der Waals surface area contributed by atoms with Crippen LogP contribution in [0.1, 0.15) is 32.6 Å². The summed E-state index contributed by atoms with van der Waals surface area (Å²) in [7, 11) is 1.68. The minimum Gasteiger partial charge on any atom is -0.465 e. The third-order valence-corrected chi connectivity index (χ3v) is 5.61. The van der Waals surface area contributed by atoms with E-state index in [1.54, 1.807) is 7.05 Å². The van der Waals surface area contributed by atoms with E-state index in [-0.39, 0.29) is 12.6 Å². The van der Waals surface area contributed by atoms with Crippen LogP contribution < -0.4 is 0 Å². The first-order chi connectivity index (χ1) is 10.1. The predicted octanol–water partition coefficient (Wildman–Crippen LogP) is 2.20. The highest BCUT2D eigenvalue weighted by molar-refractivity contribution is 7.99. The summed E-state index contributed by atoms with van der Waals surface area (Å²) in [5.74, 6) is 3.03. The Labute approximate surface area is 132 Å². The maximum Gasteiger partial charge on any atom is 0.407 e. The van der Waals surface area contributed by atoms with Gasteiger partial charge in [0.25, 0.3) is 0 Å². The van der Waals surface area contributed by atoms with Crippen LogP contribution in [0.2, 0.25) is 0 Å². The van der Waals surface area contributed by atoms with E-state index in [1.165, 1.54) is 10.7 Å². The Morgan fingerprint density at radius 2 is 1.90 bits per heavy atom. The summed E-state index contributed by atoms with van der Waals surface area (Å²) in [4.78, 5) is 14.7. The van der Waals surface area contributed by atoms with Crippen molar-refractivity contribution < 1.29 is 15.0 Å². The normalized spacial score (nSPS) is 22.5. The first-order valence-corrected chi connectivity index (χ1v) is 9.10. The van der Waals surface area contributed by atoms with Crippen LogP contribution in [0, 0.1) is 5.92 Å². The molecule has 5 nitrogen and oxygen atoms in total. The van der Waals surface area contributed by atoms with E-state index in [9.17, 15) is 4.79 Å². The molecule has 0 spiro atoms. The molecule has 1 saturated carbocycles. The second kappa shape index (κ2) is 10.3. The quantitative estimate of drug-likeness (QED) is 0.638. The maximum absolute atomic E-state index is 10.9. The van der Waals surface area contributed by atoms with Crippen molar-refractivity contribution in [3.05, 3.63) is 0 Å². The van der Waals surface area contributed by atoms with Crippen LogP contribution in [0.5, 0.6) is 0 Å². The Hall–Kier alpha value is -0.460. The molecule has 1 aliphatic carbocycles. The number of hydrogen-bond acceptors (Lipinski definition) is 4. The molecule has 0 aromatic rings. The fourth-order valence-corrected chi connectivity index (χ4v) is 4.09. The van der Waals surface area contributed by atoms with Crippen molar-refractivity contribution in [1.82, 2.24) is 9.80 Å². The number of hydrogen-bond donors (Lipinski definition) is 2. The fraction of sp³-hybridized carbons (Fsp3) is 0.933. The molecule has 1 aliphatic rings. The SMILES string of the molecule is CCN(CCO)CCSCC1CCC(N(C)C(=O)O)CC1. The monoisotopic (exact) mass is 318 g/mol. The van der Waals surface area contributed by atoms with Crippen LogP contribution in [-0.4, -0.2) is 76.9 Å². The van der Waals surface area contributed by atoms with E-state index in [4.69, 9.17) is 10.2 Å². The molecule has 1 amide bonds. The molecule has 0 aliphatic heterocycles. The largest absolute Gasteiger partial charge is 0.465 e. The highest BCUT2D eigenvalue weighted by Crippen LogP contribution is 2.29. The van der Waals surface area contributed by atoms with E-state index in [1.807, 2.05) is 11.8 Å². The molecule has 124 valence electrons. The molecule has 0 aromatic heterocycles.